The van der Waals surface area contributed by atoms with Crippen LogP contribution in [0, 0.1) is 0 Å². The Morgan fingerprint density at radius 2 is 1.88 bits per heavy atom. The third-order valence-corrected chi connectivity index (χ3v) is 5.26. The number of fused-ring (bicyclic) bond motifs is 2. The monoisotopic (exact) mass is 352 g/mol. The van der Waals surface area contributed by atoms with Crippen molar-refractivity contribution in [3.8, 4) is 17.2 Å². The standard InChI is InChI=1S/C19H20N4O3/c24-15-10-17-16(25-12-26-17)9-14(15)11-22-7-4-13(5-8-22)19-21-20-18-3-1-2-6-23(18)19/h1-3,6,9-10,13,24H,4-5,7-8,11-12H2. The first-order chi connectivity index (χ1) is 12.8. The first-order valence-corrected chi connectivity index (χ1v) is 8.91. The molecule has 2 aliphatic rings. The van der Waals surface area contributed by atoms with Gasteiger partial charge in [-0.25, -0.2) is 0 Å². The first kappa shape index (κ1) is 15.5. The molecule has 7 heteroatoms. The zero-order valence-electron chi connectivity index (χ0n) is 14.3. The van der Waals surface area contributed by atoms with Crippen molar-refractivity contribution < 1.29 is 14.6 Å². The third-order valence-electron chi connectivity index (χ3n) is 5.26. The molecule has 7 nitrogen and oxygen atoms in total. The fourth-order valence-electron chi connectivity index (χ4n) is 3.83. The van der Waals surface area contributed by atoms with E-state index in [-0.39, 0.29) is 12.5 Å². The van der Waals surface area contributed by atoms with E-state index in [9.17, 15) is 5.11 Å². The first-order valence-electron chi connectivity index (χ1n) is 8.91. The summed E-state index contributed by atoms with van der Waals surface area (Å²) >= 11 is 0. The summed E-state index contributed by atoms with van der Waals surface area (Å²) in [5.74, 6) is 3.05. The van der Waals surface area contributed by atoms with Crippen LogP contribution in [-0.4, -0.2) is 44.5 Å². The maximum atomic E-state index is 10.2. The zero-order valence-corrected chi connectivity index (χ0v) is 14.3. The molecular formula is C19H20N4O3. The van der Waals surface area contributed by atoms with Gasteiger partial charge in [0.05, 0.1) is 0 Å². The van der Waals surface area contributed by atoms with Gasteiger partial charge in [-0.15, -0.1) is 10.2 Å². The quantitative estimate of drug-likeness (QED) is 0.781. The number of piperidine rings is 1. The van der Waals surface area contributed by atoms with E-state index in [0.29, 0.717) is 24.0 Å². The number of aromatic hydroxyl groups is 1. The Balaban J connectivity index is 1.28. The summed E-state index contributed by atoms with van der Waals surface area (Å²) in [7, 11) is 0. The number of phenolic OH excluding ortho intramolecular Hbond substituents is 1. The molecule has 0 bridgehead atoms. The van der Waals surface area contributed by atoms with E-state index < -0.39 is 0 Å². The highest BCUT2D eigenvalue weighted by Gasteiger charge is 2.25. The minimum Gasteiger partial charge on any atom is -0.507 e. The van der Waals surface area contributed by atoms with Crippen LogP contribution in [0.4, 0.5) is 0 Å². The molecule has 0 spiro atoms. The van der Waals surface area contributed by atoms with E-state index in [1.165, 1.54) is 0 Å². The number of likely N-dealkylation sites (tertiary alicyclic amines) is 1. The molecule has 5 rings (SSSR count). The molecule has 0 aliphatic carbocycles. The molecule has 0 unspecified atom stereocenters. The number of pyridine rings is 1. The van der Waals surface area contributed by atoms with Crippen LogP contribution in [0.15, 0.2) is 36.5 Å². The summed E-state index contributed by atoms with van der Waals surface area (Å²) in [4.78, 5) is 2.36. The van der Waals surface area contributed by atoms with Gasteiger partial charge in [0.1, 0.15) is 11.6 Å². The SMILES string of the molecule is Oc1cc2c(cc1CN1CCC(c3nnc4ccccn34)CC1)OCO2. The largest absolute Gasteiger partial charge is 0.507 e. The number of hydrogen-bond donors (Lipinski definition) is 1. The topological polar surface area (TPSA) is 72.1 Å². The Bertz CT molecular complexity index is 947. The molecule has 3 aromatic rings. The molecule has 1 aromatic carbocycles. The normalized spacial score (nSPS) is 17.8. The molecule has 0 amide bonds. The van der Waals surface area contributed by atoms with Gasteiger partial charge in [0.25, 0.3) is 0 Å². The van der Waals surface area contributed by atoms with Gasteiger partial charge < -0.3 is 14.6 Å². The Morgan fingerprint density at radius 1 is 1.08 bits per heavy atom. The maximum absolute atomic E-state index is 10.2. The van der Waals surface area contributed by atoms with Crippen LogP contribution in [0.3, 0.4) is 0 Å². The summed E-state index contributed by atoms with van der Waals surface area (Å²) in [5, 5.41) is 18.9. The highest BCUT2D eigenvalue weighted by atomic mass is 16.7. The molecule has 1 N–H and O–H groups in total. The molecule has 1 saturated heterocycles. The van der Waals surface area contributed by atoms with Gasteiger partial charge in [0, 0.05) is 30.3 Å². The van der Waals surface area contributed by atoms with Crippen molar-refractivity contribution in [2.24, 2.45) is 0 Å². The molecule has 2 aliphatic heterocycles. The number of phenols is 1. The van der Waals surface area contributed by atoms with Gasteiger partial charge in [0.2, 0.25) is 6.79 Å². The van der Waals surface area contributed by atoms with Crippen molar-refractivity contribution >= 4 is 5.65 Å². The smallest absolute Gasteiger partial charge is 0.231 e. The van der Waals surface area contributed by atoms with E-state index in [1.807, 2.05) is 30.5 Å². The predicted octanol–water partition coefficient (Wildman–Crippen LogP) is 2.54. The maximum Gasteiger partial charge on any atom is 0.231 e. The predicted molar refractivity (Wildman–Crippen MR) is 94.5 cm³/mol. The summed E-state index contributed by atoms with van der Waals surface area (Å²) < 4.78 is 12.8. The van der Waals surface area contributed by atoms with Gasteiger partial charge in [0.15, 0.2) is 17.1 Å². The highest BCUT2D eigenvalue weighted by Crippen LogP contribution is 2.38. The van der Waals surface area contributed by atoms with Crippen LogP contribution < -0.4 is 9.47 Å². The van der Waals surface area contributed by atoms with Crippen LogP contribution in [0.1, 0.15) is 30.1 Å². The van der Waals surface area contributed by atoms with E-state index in [0.717, 1.165) is 43.0 Å². The van der Waals surface area contributed by atoms with Crippen molar-refractivity contribution in [2.45, 2.75) is 25.3 Å². The molecular weight excluding hydrogens is 332 g/mol. The second-order valence-corrected chi connectivity index (χ2v) is 6.87. The lowest BCUT2D eigenvalue weighted by Crippen LogP contribution is -2.33. The lowest BCUT2D eigenvalue weighted by molar-refractivity contribution is 0.173. The van der Waals surface area contributed by atoms with Crippen molar-refractivity contribution in [3.63, 3.8) is 0 Å². The number of aromatic nitrogens is 3. The molecule has 1 fully saturated rings. The van der Waals surface area contributed by atoms with Crippen LogP contribution in [0.2, 0.25) is 0 Å². The fraction of sp³-hybridized carbons (Fsp3) is 0.368. The number of rotatable bonds is 3. The van der Waals surface area contributed by atoms with E-state index in [4.69, 9.17) is 9.47 Å². The third kappa shape index (κ3) is 2.64. The summed E-state index contributed by atoms with van der Waals surface area (Å²) in [5.41, 5.74) is 1.77. The molecule has 0 radical (unpaired) electrons. The Kier molecular flexibility index (Phi) is 3.67. The fourth-order valence-corrected chi connectivity index (χ4v) is 3.83. The van der Waals surface area contributed by atoms with E-state index in [2.05, 4.69) is 19.5 Å². The van der Waals surface area contributed by atoms with Crippen molar-refractivity contribution in [3.05, 3.63) is 47.9 Å². The zero-order chi connectivity index (χ0) is 17.5. The second-order valence-electron chi connectivity index (χ2n) is 6.87. The van der Waals surface area contributed by atoms with Crippen LogP contribution in [-0.2, 0) is 6.54 Å². The van der Waals surface area contributed by atoms with Gasteiger partial charge in [-0.1, -0.05) is 6.07 Å². The van der Waals surface area contributed by atoms with Gasteiger partial charge in [-0.3, -0.25) is 9.30 Å². The molecule has 26 heavy (non-hydrogen) atoms. The van der Waals surface area contributed by atoms with Crippen LogP contribution >= 0.6 is 0 Å². The number of hydrogen-bond acceptors (Lipinski definition) is 6. The average Bonchev–Trinajstić information content (AvgIpc) is 3.29. The van der Waals surface area contributed by atoms with Crippen LogP contribution in [0.25, 0.3) is 5.65 Å². The number of nitrogens with zero attached hydrogens (tertiary/aromatic N) is 4. The van der Waals surface area contributed by atoms with E-state index in [1.54, 1.807) is 6.07 Å². The van der Waals surface area contributed by atoms with Gasteiger partial charge >= 0.3 is 0 Å². The molecule has 2 aromatic heterocycles. The Morgan fingerprint density at radius 3 is 2.73 bits per heavy atom. The Labute approximate surface area is 150 Å². The average molecular weight is 352 g/mol. The minimum atomic E-state index is 0.218. The lowest BCUT2D eigenvalue weighted by atomic mass is 9.95. The second kappa shape index (κ2) is 6.17. The minimum absolute atomic E-state index is 0.218. The Hall–Kier alpha value is -2.80. The summed E-state index contributed by atoms with van der Waals surface area (Å²) in [6.45, 7) is 2.84. The molecule has 0 atom stereocenters. The molecule has 134 valence electrons. The van der Waals surface area contributed by atoms with E-state index >= 15 is 0 Å². The van der Waals surface area contributed by atoms with Crippen LogP contribution in [0.5, 0.6) is 17.2 Å². The van der Waals surface area contributed by atoms with Crippen molar-refractivity contribution in [1.82, 2.24) is 19.5 Å². The summed E-state index contributed by atoms with van der Waals surface area (Å²) in [6, 6.07) is 9.50. The number of ether oxygens (including phenoxy) is 2. The highest BCUT2D eigenvalue weighted by molar-refractivity contribution is 5.51. The van der Waals surface area contributed by atoms with Crippen molar-refractivity contribution in [2.75, 3.05) is 19.9 Å². The lowest BCUT2D eigenvalue weighted by Gasteiger charge is -2.31. The van der Waals surface area contributed by atoms with Gasteiger partial charge in [-0.2, -0.15) is 0 Å². The van der Waals surface area contributed by atoms with Crippen molar-refractivity contribution in [1.29, 1.82) is 0 Å². The molecule has 0 saturated carbocycles. The molecule has 4 heterocycles. The number of benzene rings is 1. The summed E-state index contributed by atoms with van der Waals surface area (Å²) in [6.07, 6.45) is 4.09. The van der Waals surface area contributed by atoms with Gasteiger partial charge in [-0.05, 0) is 44.1 Å².